The van der Waals surface area contributed by atoms with E-state index in [-0.39, 0.29) is 12.1 Å². The van der Waals surface area contributed by atoms with E-state index in [0.717, 1.165) is 19.3 Å². The third-order valence-corrected chi connectivity index (χ3v) is 5.63. The lowest BCUT2D eigenvalue weighted by Gasteiger charge is -2.46. The maximum absolute atomic E-state index is 13.3. The summed E-state index contributed by atoms with van der Waals surface area (Å²) in [6, 6.07) is 1.87. The van der Waals surface area contributed by atoms with Gasteiger partial charge < -0.3 is 4.90 Å². The first kappa shape index (κ1) is 19.2. The summed E-state index contributed by atoms with van der Waals surface area (Å²) in [5.41, 5.74) is -4.22. The first-order valence-electron chi connectivity index (χ1n) is 8.53. The summed E-state index contributed by atoms with van der Waals surface area (Å²) in [5, 5.41) is 0. The molecule has 2 bridgehead atoms. The number of hydrogen-bond acceptors (Lipinski definition) is 2. The molecule has 2 atom stereocenters. The van der Waals surface area contributed by atoms with Crippen LogP contribution in [-0.4, -0.2) is 29.8 Å². The van der Waals surface area contributed by atoms with Gasteiger partial charge >= 0.3 is 12.4 Å². The largest absolute Gasteiger partial charge is 0.417 e. The number of nitrogens with zero attached hydrogens (tertiary/aromatic N) is 1. The van der Waals surface area contributed by atoms with E-state index in [4.69, 9.17) is 0 Å². The van der Waals surface area contributed by atoms with Crippen LogP contribution in [0.15, 0.2) is 18.2 Å². The fourth-order valence-electron chi connectivity index (χ4n) is 4.32. The summed E-state index contributed by atoms with van der Waals surface area (Å²) in [6.07, 6.45) is -6.85. The van der Waals surface area contributed by atoms with E-state index in [9.17, 15) is 31.1 Å². The molecule has 0 radical (unpaired) electrons. The number of hydrogen-bond donors (Lipinski definition) is 0. The molecule has 1 aromatic carbocycles. The molecule has 0 saturated carbocycles. The monoisotopic (exact) mass is 379 g/mol. The van der Waals surface area contributed by atoms with Gasteiger partial charge in [-0.3, -0.25) is 4.79 Å². The lowest BCUT2D eigenvalue weighted by atomic mass is 9.75. The Morgan fingerprint density at radius 2 is 1.42 bits per heavy atom. The van der Waals surface area contributed by atoms with Gasteiger partial charge in [-0.1, -0.05) is 12.5 Å². The van der Waals surface area contributed by atoms with Crippen LogP contribution in [-0.2, 0) is 12.4 Å². The zero-order valence-corrected chi connectivity index (χ0v) is 14.1. The zero-order chi connectivity index (χ0) is 19.3. The van der Waals surface area contributed by atoms with Gasteiger partial charge in [0.05, 0.1) is 11.1 Å². The standard InChI is InChI=1S/C18H19F6NO/c1-25-11-4-2-5-12(25)9-10(8-11)16(26)15-13(17(19,20)21)6-3-7-14(15)18(22,23)24/h3,6-7,10-12H,2,4-5,8-9H2,1H3. The second-order valence-electron chi connectivity index (χ2n) is 7.16. The van der Waals surface area contributed by atoms with Crippen molar-refractivity contribution in [1.29, 1.82) is 0 Å². The van der Waals surface area contributed by atoms with Crippen LogP contribution in [0.25, 0.3) is 0 Å². The fraction of sp³-hybridized carbons (Fsp3) is 0.611. The molecule has 0 N–H and O–H groups in total. The van der Waals surface area contributed by atoms with Crippen molar-refractivity contribution in [3.8, 4) is 0 Å². The van der Waals surface area contributed by atoms with E-state index >= 15 is 0 Å². The molecule has 1 aromatic rings. The molecule has 0 aliphatic carbocycles. The molecule has 0 aromatic heterocycles. The Labute approximate surface area is 147 Å². The van der Waals surface area contributed by atoms with Gasteiger partial charge in [-0.25, -0.2) is 0 Å². The van der Waals surface area contributed by atoms with E-state index < -0.39 is 40.7 Å². The third-order valence-electron chi connectivity index (χ3n) is 5.63. The molecule has 2 aliphatic rings. The minimum atomic E-state index is -5.02. The maximum atomic E-state index is 13.3. The molecule has 2 unspecified atom stereocenters. The number of rotatable bonds is 2. The van der Waals surface area contributed by atoms with Gasteiger partial charge in [0.2, 0.25) is 0 Å². The van der Waals surface area contributed by atoms with Crippen LogP contribution in [0.3, 0.4) is 0 Å². The minimum absolute atomic E-state index is 0.0313. The SMILES string of the molecule is CN1C2CCCC1CC(C(=O)c1c(C(F)(F)F)cccc1C(F)(F)F)C2. The molecule has 26 heavy (non-hydrogen) atoms. The van der Waals surface area contributed by atoms with E-state index in [1.165, 1.54) is 0 Å². The highest BCUT2D eigenvalue weighted by Gasteiger charge is 2.46. The van der Waals surface area contributed by atoms with Crippen LogP contribution in [0, 0.1) is 5.92 Å². The number of ketones is 1. The molecule has 2 saturated heterocycles. The van der Waals surface area contributed by atoms with Crippen molar-refractivity contribution in [3.63, 3.8) is 0 Å². The predicted molar refractivity (Wildman–Crippen MR) is 82.7 cm³/mol. The lowest BCUT2D eigenvalue weighted by molar-refractivity contribution is -0.143. The Morgan fingerprint density at radius 1 is 0.962 bits per heavy atom. The highest BCUT2D eigenvalue weighted by atomic mass is 19.4. The maximum Gasteiger partial charge on any atom is 0.417 e. The topological polar surface area (TPSA) is 20.3 Å². The number of halogens is 6. The molecule has 2 heterocycles. The number of piperidine rings is 2. The summed E-state index contributed by atoms with van der Waals surface area (Å²) in [7, 11) is 1.90. The zero-order valence-electron chi connectivity index (χ0n) is 14.1. The van der Waals surface area contributed by atoms with Crippen molar-refractivity contribution in [2.45, 2.75) is 56.5 Å². The van der Waals surface area contributed by atoms with Gasteiger partial charge in [0.25, 0.3) is 0 Å². The van der Waals surface area contributed by atoms with Crippen LogP contribution >= 0.6 is 0 Å². The predicted octanol–water partition coefficient (Wildman–Crippen LogP) is 5.17. The molecule has 3 rings (SSSR count). The summed E-state index contributed by atoms with van der Waals surface area (Å²) in [6.45, 7) is 0. The summed E-state index contributed by atoms with van der Waals surface area (Å²) < 4.78 is 79.9. The van der Waals surface area contributed by atoms with Gasteiger partial charge in [-0.05, 0) is 44.9 Å². The molecule has 0 spiro atoms. The Bertz CT molecular complexity index is 650. The van der Waals surface area contributed by atoms with E-state index in [0.29, 0.717) is 31.0 Å². The Hall–Kier alpha value is -1.57. The second kappa shape index (κ2) is 6.55. The average Bonchev–Trinajstić information content (AvgIpc) is 2.51. The molecular weight excluding hydrogens is 360 g/mol. The van der Waals surface area contributed by atoms with Gasteiger partial charge in [0.1, 0.15) is 0 Å². The van der Waals surface area contributed by atoms with E-state index in [1.807, 2.05) is 7.05 Å². The first-order chi connectivity index (χ1) is 12.0. The highest BCUT2D eigenvalue weighted by Crippen LogP contribution is 2.43. The van der Waals surface area contributed by atoms with Gasteiger partial charge in [-0.15, -0.1) is 0 Å². The van der Waals surface area contributed by atoms with Gasteiger partial charge in [0, 0.05) is 23.6 Å². The van der Waals surface area contributed by atoms with Crippen molar-refractivity contribution >= 4 is 5.78 Å². The third kappa shape index (κ3) is 3.48. The van der Waals surface area contributed by atoms with Crippen molar-refractivity contribution in [2.24, 2.45) is 5.92 Å². The van der Waals surface area contributed by atoms with Crippen LogP contribution in [0.5, 0.6) is 0 Å². The van der Waals surface area contributed by atoms with Crippen LogP contribution in [0.4, 0.5) is 26.3 Å². The quantitative estimate of drug-likeness (QED) is 0.522. The van der Waals surface area contributed by atoms with Gasteiger partial charge in [-0.2, -0.15) is 26.3 Å². The fourth-order valence-corrected chi connectivity index (χ4v) is 4.32. The van der Waals surface area contributed by atoms with Crippen molar-refractivity contribution in [3.05, 3.63) is 34.9 Å². The summed E-state index contributed by atoms with van der Waals surface area (Å²) in [4.78, 5) is 15.0. The van der Waals surface area contributed by atoms with Gasteiger partial charge in [0.15, 0.2) is 5.78 Å². The van der Waals surface area contributed by atoms with Crippen molar-refractivity contribution in [2.75, 3.05) is 7.05 Å². The van der Waals surface area contributed by atoms with E-state index in [2.05, 4.69) is 4.90 Å². The molecule has 2 fully saturated rings. The molecule has 144 valence electrons. The Balaban J connectivity index is 2.03. The van der Waals surface area contributed by atoms with Crippen LogP contribution in [0.2, 0.25) is 0 Å². The number of alkyl halides is 6. The average molecular weight is 379 g/mol. The van der Waals surface area contributed by atoms with Crippen molar-refractivity contribution < 1.29 is 31.1 Å². The molecule has 0 amide bonds. The Morgan fingerprint density at radius 3 is 1.85 bits per heavy atom. The normalized spacial score (nSPS) is 27.4. The number of fused-ring (bicyclic) bond motifs is 2. The van der Waals surface area contributed by atoms with Crippen LogP contribution in [0.1, 0.15) is 53.6 Å². The van der Waals surface area contributed by atoms with E-state index in [1.54, 1.807) is 0 Å². The smallest absolute Gasteiger partial charge is 0.300 e. The number of benzene rings is 1. The summed E-state index contributed by atoms with van der Waals surface area (Å²) >= 11 is 0. The lowest BCUT2D eigenvalue weighted by Crippen LogP contribution is -2.51. The molecule has 2 nitrogen and oxygen atoms in total. The number of Topliss-reactive ketones (excluding diaryl/α,β-unsaturated/α-hetero) is 1. The number of carbonyl (C=O) groups is 1. The number of carbonyl (C=O) groups excluding carboxylic acids is 1. The molecular formula is C18H19F6NO. The van der Waals surface area contributed by atoms with Crippen LogP contribution < -0.4 is 0 Å². The van der Waals surface area contributed by atoms with Crippen molar-refractivity contribution in [1.82, 2.24) is 4.90 Å². The first-order valence-corrected chi connectivity index (χ1v) is 8.53. The summed E-state index contributed by atoms with van der Waals surface area (Å²) in [5.74, 6) is -1.85. The highest BCUT2D eigenvalue weighted by molar-refractivity contribution is 6.01. The molecule has 2 aliphatic heterocycles. The second-order valence-corrected chi connectivity index (χ2v) is 7.16. The Kier molecular flexibility index (Phi) is 4.83. The molecule has 8 heteroatoms. The minimum Gasteiger partial charge on any atom is -0.300 e.